The van der Waals surface area contributed by atoms with Gasteiger partial charge in [0.05, 0.1) is 30.0 Å². The van der Waals surface area contributed by atoms with Crippen molar-refractivity contribution in [2.24, 2.45) is 5.92 Å². The quantitative estimate of drug-likeness (QED) is 0.363. The number of carbonyl (C=O) groups excluding carboxylic acids is 1. The molecule has 3 aromatic heterocycles. The number of hydrogen-bond donors (Lipinski definition) is 2. The fourth-order valence-corrected chi connectivity index (χ4v) is 6.28. The zero-order valence-corrected chi connectivity index (χ0v) is 21.0. The van der Waals surface area contributed by atoms with Gasteiger partial charge in [-0.3, -0.25) is 9.40 Å². The molecule has 0 spiro atoms. The predicted molar refractivity (Wildman–Crippen MR) is 139 cm³/mol. The lowest BCUT2D eigenvalue weighted by atomic mass is 9.93. The molecule has 1 aromatic carbocycles. The lowest BCUT2D eigenvalue weighted by molar-refractivity contribution is 0.00273. The van der Waals surface area contributed by atoms with Crippen LogP contribution in [0.5, 0.6) is 0 Å². The Morgan fingerprint density at radius 3 is 3.00 bits per heavy atom. The van der Waals surface area contributed by atoms with Crippen molar-refractivity contribution >= 4 is 29.2 Å². The van der Waals surface area contributed by atoms with Crippen molar-refractivity contribution in [3.8, 4) is 11.1 Å². The summed E-state index contributed by atoms with van der Waals surface area (Å²) < 4.78 is 12.9. The van der Waals surface area contributed by atoms with Crippen LogP contribution in [0.25, 0.3) is 16.6 Å². The Bertz CT molecular complexity index is 1490. The molecule has 184 valence electrons. The van der Waals surface area contributed by atoms with Gasteiger partial charge in [0.1, 0.15) is 11.1 Å². The SMILES string of the molecule is Cc1cc2c(c(NC(=O)NSc3cc4n(n3)CCOC4C3CC3)c1-c1ccn3nccc3c1)CCC2. The summed E-state index contributed by atoms with van der Waals surface area (Å²) in [4.78, 5) is 13.2. The summed E-state index contributed by atoms with van der Waals surface area (Å²) >= 11 is 1.26. The van der Waals surface area contributed by atoms with Crippen molar-refractivity contribution in [3.63, 3.8) is 0 Å². The number of nitrogens with one attached hydrogen (secondary N) is 2. The standard InChI is InChI=1S/C27H28N6O2S/c1-16-13-18-3-2-4-21(18)25(24(16)19-8-10-32-20(14-19)7-9-28-32)29-27(34)31-36-23-15-22-26(17-5-6-17)35-12-11-33(22)30-23/h7-10,13-15,17,26H,2-6,11-12H2,1H3,(H2,29,31,34). The maximum Gasteiger partial charge on any atom is 0.329 e. The van der Waals surface area contributed by atoms with Crippen molar-refractivity contribution in [3.05, 3.63) is 65.1 Å². The van der Waals surface area contributed by atoms with Gasteiger partial charge in [0.2, 0.25) is 0 Å². The fourth-order valence-electron chi connectivity index (χ4n) is 5.71. The number of rotatable bonds is 5. The summed E-state index contributed by atoms with van der Waals surface area (Å²) in [6, 6.07) is 10.3. The Morgan fingerprint density at radius 1 is 1.19 bits per heavy atom. The van der Waals surface area contributed by atoms with Gasteiger partial charge in [0.25, 0.3) is 0 Å². The average molecular weight is 501 g/mol. The van der Waals surface area contributed by atoms with E-state index in [0.29, 0.717) is 12.5 Å². The summed E-state index contributed by atoms with van der Waals surface area (Å²) in [7, 11) is 0. The highest BCUT2D eigenvalue weighted by molar-refractivity contribution is 7.97. The van der Waals surface area contributed by atoms with Gasteiger partial charge in [-0.2, -0.15) is 10.2 Å². The zero-order valence-electron chi connectivity index (χ0n) is 20.2. The summed E-state index contributed by atoms with van der Waals surface area (Å²) in [5, 5.41) is 13.0. The summed E-state index contributed by atoms with van der Waals surface area (Å²) in [5.74, 6) is 0.610. The molecule has 2 N–H and O–H groups in total. The Labute approximate surface area is 213 Å². The number of anilines is 1. The summed E-state index contributed by atoms with van der Waals surface area (Å²) in [6.45, 7) is 3.58. The summed E-state index contributed by atoms with van der Waals surface area (Å²) in [5.41, 5.74) is 8.94. The van der Waals surface area contributed by atoms with Crippen LogP contribution in [-0.4, -0.2) is 32.0 Å². The van der Waals surface area contributed by atoms with Gasteiger partial charge in [-0.15, -0.1) is 0 Å². The van der Waals surface area contributed by atoms with E-state index >= 15 is 0 Å². The molecule has 1 atom stereocenters. The van der Waals surface area contributed by atoms with Crippen LogP contribution < -0.4 is 10.0 Å². The first-order chi connectivity index (χ1) is 17.6. The van der Waals surface area contributed by atoms with Crippen molar-refractivity contribution < 1.29 is 9.53 Å². The molecule has 1 saturated carbocycles. The molecule has 9 heteroatoms. The van der Waals surface area contributed by atoms with E-state index in [-0.39, 0.29) is 12.1 Å². The first-order valence-electron chi connectivity index (χ1n) is 12.7. The second-order valence-corrected chi connectivity index (χ2v) is 10.8. The maximum atomic E-state index is 13.2. The van der Waals surface area contributed by atoms with E-state index < -0.39 is 0 Å². The number of fused-ring (bicyclic) bond motifs is 3. The van der Waals surface area contributed by atoms with Gasteiger partial charge < -0.3 is 10.1 Å². The number of aryl methyl sites for hydroxylation is 2. The number of aromatic nitrogens is 4. The molecule has 8 nitrogen and oxygen atoms in total. The van der Waals surface area contributed by atoms with Crippen molar-refractivity contribution in [1.29, 1.82) is 0 Å². The van der Waals surface area contributed by atoms with Gasteiger partial charge in [-0.05, 0) is 91.5 Å². The number of ether oxygens (including phenoxy) is 1. The van der Waals surface area contributed by atoms with Crippen LogP contribution in [0.4, 0.5) is 10.5 Å². The highest BCUT2D eigenvalue weighted by Crippen LogP contribution is 2.45. The molecule has 7 rings (SSSR count). The normalized spacial score (nSPS) is 18.8. The second-order valence-electron chi connectivity index (χ2n) is 9.97. The number of amides is 2. The van der Waals surface area contributed by atoms with Crippen LogP contribution in [0.2, 0.25) is 0 Å². The van der Waals surface area contributed by atoms with Crippen LogP contribution in [0, 0.1) is 12.8 Å². The summed E-state index contributed by atoms with van der Waals surface area (Å²) in [6.07, 6.45) is 9.47. The molecule has 0 bridgehead atoms. The maximum absolute atomic E-state index is 13.2. The molecule has 1 fully saturated rings. The molecule has 36 heavy (non-hydrogen) atoms. The molecule has 1 aliphatic heterocycles. The third-order valence-electron chi connectivity index (χ3n) is 7.50. The average Bonchev–Trinajstić information content (AvgIpc) is 3.25. The van der Waals surface area contributed by atoms with E-state index in [2.05, 4.69) is 46.3 Å². The van der Waals surface area contributed by atoms with Crippen molar-refractivity contribution in [1.82, 2.24) is 24.1 Å². The zero-order chi connectivity index (χ0) is 24.2. The Morgan fingerprint density at radius 2 is 2.11 bits per heavy atom. The number of pyridine rings is 1. The van der Waals surface area contributed by atoms with E-state index in [1.54, 1.807) is 6.20 Å². The van der Waals surface area contributed by atoms with E-state index in [1.165, 1.54) is 35.9 Å². The van der Waals surface area contributed by atoms with Gasteiger partial charge in [0.15, 0.2) is 0 Å². The molecule has 4 heterocycles. The highest BCUT2D eigenvalue weighted by atomic mass is 32.2. The minimum absolute atomic E-state index is 0.139. The first-order valence-corrected chi connectivity index (χ1v) is 13.5. The molecule has 2 amide bonds. The van der Waals surface area contributed by atoms with Gasteiger partial charge >= 0.3 is 6.03 Å². The van der Waals surface area contributed by atoms with E-state index in [0.717, 1.165) is 64.4 Å². The second kappa shape index (κ2) is 8.67. The number of urea groups is 1. The largest absolute Gasteiger partial charge is 0.370 e. The number of hydrogen-bond acceptors (Lipinski definition) is 5. The third-order valence-corrected chi connectivity index (χ3v) is 8.20. The van der Waals surface area contributed by atoms with Gasteiger partial charge in [-0.1, -0.05) is 6.07 Å². The Kier molecular flexibility index (Phi) is 5.28. The van der Waals surface area contributed by atoms with Gasteiger partial charge in [0, 0.05) is 29.9 Å². The topological polar surface area (TPSA) is 85.5 Å². The van der Waals surface area contributed by atoms with E-state index in [1.807, 2.05) is 21.5 Å². The van der Waals surface area contributed by atoms with Crippen LogP contribution in [0.1, 0.15) is 47.8 Å². The first kappa shape index (κ1) is 21.9. The fraction of sp³-hybridized carbons (Fsp3) is 0.370. The molecular formula is C27H28N6O2S. The molecular weight excluding hydrogens is 472 g/mol. The predicted octanol–water partition coefficient (Wildman–Crippen LogP) is 5.31. The van der Waals surface area contributed by atoms with Gasteiger partial charge in [-0.25, -0.2) is 9.31 Å². The lowest BCUT2D eigenvalue weighted by Gasteiger charge is -2.23. The molecule has 4 aromatic rings. The van der Waals surface area contributed by atoms with Crippen LogP contribution in [-0.2, 0) is 24.1 Å². The van der Waals surface area contributed by atoms with Crippen molar-refractivity contribution in [2.45, 2.75) is 56.7 Å². The van der Waals surface area contributed by atoms with Crippen LogP contribution >= 0.6 is 11.9 Å². The minimum Gasteiger partial charge on any atom is -0.370 e. The van der Waals surface area contributed by atoms with Crippen LogP contribution in [0.3, 0.4) is 0 Å². The molecule has 0 radical (unpaired) electrons. The third kappa shape index (κ3) is 3.87. The number of benzene rings is 1. The lowest BCUT2D eigenvalue weighted by Crippen LogP contribution is -2.24. The molecule has 0 saturated heterocycles. The highest BCUT2D eigenvalue weighted by Gasteiger charge is 2.37. The van der Waals surface area contributed by atoms with Crippen molar-refractivity contribution in [2.75, 3.05) is 11.9 Å². The van der Waals surface area contributed by atoms with E-state index in [9.17, 15) is 4.79 Å². The van der Waals surface area contributed by atoms with Crippen LogP contribution in [0.15, 0.2) is 47.8 Å². The monoisotopic (exact) mass is 500 g/mol. The Balaban J connectivity index is 1.15. The molecule has 1 unspecified atom stereocenters. The number of carbonyl (C=O) groups is 1. The molecule has 2 aliphatic carbocycles. The number of nitrogens with zero attached hydrogens (tertiary/aromatic N) is 4. The smallest absolute Gasteiger partial charge is 0.329 e. The minimum atomic E-state index is -0.243. The Hall–Kier alpha value is -3.30. The molecule has 3 aliphatic rings. The van der Waals surface area contributed by atoms with E-state index in [4.69, 9.17) is 9.84 Å².